The second-order valence-electron chi connectivity index (χ2n) is 6.81. The largest absolute Gasteiger partial charge is 0.490 e. The maximum Gasteiger partial charge on any atom is 0.415 e. The van der Waals surface area contributed by atoms with E-state index in [1.165, 1.54) is 42.3 Å². The van der Waals surface area contributed by atoms with Gasteiger partial charge in [0.05, 0.1) is 24.3 Å². The van der Waals surface area contributed by atoms with Gasteiger partial charge in [-0.05, 0) is 50.6 Å². The van der Waals surface area contributed by atoms with E-state index < -0.39 is 22.4 Å². The predicted molar refractivity (Wildman–Crippen MR) is 98.5 cm³/mol. The number of nitrogens with zero attached hydrogens (tertiary/aromatic N) is 2. The van der Waals surface area contributed by atoms with Gasteiger partial charge in [-0.15, -0.1) is 0 Å². The average Bonchev–Trinajstić information content (AvgIpc) is 2.57. The number of carbonyl (C=O) groups excluding carboxylic acids is 1. The molecule has 0 heterocycles. The van der Waals surface area contributed by atoms with E-state index in [-0.39, 0.29) is 23.7 Å². The fourth-order valence-corrected chi connectivity index (χ4v) is 2.38. The van der Waals surface area contributed by atoms with Gasteiger partial charge >= 0.3 is 11.8 Å². The fourth-order valence-electron chi connectivity index (χ4n) is 2.38. The van der Waals surface area contributed by atoms with E-state index in [1.54, 1.807) is 32.9 Å². The van der Waals surface area contributed by atoms with Gasteiger partial charge in [0.1, 0.15) is 11.4 Å². The Morgan fingerprint density at radius 3 is 2.48 bits per heavy atom. The van der Waals surface area contributed by atoms with Gasteiger partial charge in [0.2, 0.25) is 0 Å². The summed E-state index contributed by atoms with van der Waals surface area (Å²) in [6, 6.07) is 9.85. The summed E-state index contributed by atoms with van der Waals surface area (Å²) >= 11 is 0. The number of anilines is 1. The summed E-state index contributed by atoms with van der Waals surface area (Å²) < 4.78 is 24.0. The number of hydrogen-bond donors (Lipinski definition) is 0. The Balaban J connectivity index is 2.41. The highest BCUT2D eigenvalue weighted by molar-refractivity contribution is 5.87. The number of ether oxygens (including phenoxy) is 2. The first-order valence-corrected chi connectivity index (χ1v) is 8.18. The standard InChI is InChI=1S/C19H21FN2O5/c1-19(2,3)27-18(23)21(15-7-5-6-14(20)11-15)12-13-8-9-17(26-4)16(10-13)22(24)25/h5-11H,12H2,1-4H3. The van der Waals surface area contributed by atoms with Crippen LogP contribution in [0.1, 0.15) is 26.3 Å². The van der Waals surface area contributed by atoms with Crippen molar-refractivity contribution in [1.82, 2.24) is 0 Å². The van der Waals surface area contributed by atoms with Crippen molar-refractivity contribution in [1.29, 1.82) is 0 Å². The highest BCUT2D eigenvalue weighted by Crippen LogP contribution is 2.29. The maximum absolute atomic E-state index is 13.7. The van der Waals surface area contributed by atoms with Crippen LogP contribution in [0.2, 0.25) is 0 Å². The minimum Gasteiger partial charge on any atom is -0.490 e. The summed E-state index contributed by atoms with van der Waals surface area (Å²) in [7, 11) is 1.34. The van der Waals surface area contributed by atoms with Crippen LogP contribution in [0.5, 0.6) is 5.75 Å². The molecule has 8 heteroatoms. The Morgan fingerprint density at radius 1 is 1.22 bits per heavy atom. The molecule has 0 radical (unpaired) electrons. The van der Waals surface area contributed by atoms with Crippen LogP contribution >= 0.6 is 0 Å². The number of rotatable bonds is 5. The summed E-state index contributed by atoms with van der Waals surface area (Å²) in [5.41, 5.74) is -0.229. The first-order chi connectivity index (χ1) is 12.6. The molecule has 1 amide bonds. The highest BCUT2D eigenvalue weighted by Gasteiger charge is 2.25. The molecule has 0 saturated carbocycles. The summed E-state index contributed by atoms with van der Waals surface area (Å²) in [5, 5.41) is 11.2. The van der Waals surface area contributed by atoms with Crippen LogP contribution in [-0.4, -0.2) is 23.7 Å². The Morgan fingerprint density at radius 2 is 1.93 bits per heavy atom. The van der Waals surface area contributed by atoms with Gasteiger partial charge in [-0.3, -0.25) is 15.0 Å². The molecule has 7 nitrogen and oxygen atoms in total. The van der Waals surface area contributed by atoms with Crippen LogP contribution < -0.4 is 9.64 Å². The Hall–Kier alpha value is -3.16. The number of methoxy groups -OCH3 is 1. The Labute approximate surface area is 156 Å². The van der Waals surface area contributed by atoms with Crippen molar-refractivity contribution < 1.29 is 23.6 Å². The van der Waals surface area contributed by atoms with Crippen molar-refractivity contribution in [2.75, 3.05) is 12.0 Å². The summed E-state index contributed by atoms with van der Waals surface area (Å²) in [6.07, 6.45) is -0.688. The Kier molecular flexibility index (Phi) is 5.99. The lowest BCUT2D eigenvalue weighted by Gasteiger charge is -2.27. The van der Waals surface area contributed by atoms with Gasteiger partial charge in [0.25, 0.3) is 0 Å². The van der Waals surface area contributed by atoms with E-state index in [0.29, 0.717) is 5.56 Å². The molecule has 0 saturated heterocycles. The van der Waals surface area contributed by atoms with E-state index in [1.807, 2.05) is 0 Å². The average molecular weight is 376 g/mol. The van der Waals surface area contributed by atoms with E-state index in [4.69, 9.17) is 9.47 Å². The summed E-state index contributed by atoms with van der Waals surface area (Å²) in [5.74, 6) is -0.403. The molecule has 27 heavy (non-hydrogen) atoms. The molecular weight excluding hydrogens is 355 g/mol. The number of nitro benzene ring substituents is 1. The highest BCUT2D eigenvalue weighted by atomic mass is 19.1. The van der Waals surface area contributed by atoms with Crippen LogP contribution in [0.15, 0.2) is 42.5 Å². The molecule has 2 rings (SSSR count). The van der Waals surface area contributed by atoms with Crippen molar-refractivity contribution in [2.45, 2.75) is 32.9 Å². The quantitative estimate of drug-likeness (QED) is 0.559. The lowest BCUT2D eigenvalue weighted by atomic mass is 10.1. The summed E-state index contributed by atoms with van der Waals surface area (Å²) in [4.78, 5) is 24.5. The minimum atomic E-state index is -0.755. The molecular formula is C19H21FN2O5. The lowest BCUT2D eigenvalue weighted by Crippen LogP contribution is -2.36. The molecule has 0 aliphatic heterocycles. The monoisotopic (exact) mass is 376 g/mol. The minimum absolute atomic E-state index is 0.0385. The van der Waals surface area contributed by atoms with Gasteiger partial charge in [-0.2, -0.15) is 0 Å². The third-order valence-corrected chi connectivity index (χ3v) is 3.51. The van der Waals surface area contributed by atoms with Gasteiger partial charge in [0, 0.05) is 6.07 Å². The number of nitro groups is 1. The lowest BCUT2D eigenvalue weighted by molar-refractivity contribution is -0.385. The molecule has 0 fully saturated rings. The number of benzene rings is 2. The predicted octanol–water partition coefficient (Wildman–Crippen LogP) is 4.68. The van der Waals surface area contributed by atoms with Crippen LogP contribution in [0.25, 0.3) is 0 Å². The van der Waals surface area contributed by atoms with Gasteiger partial charge < -0.3 is 9.47 Å². The normalized spacial score (nSPS) is 11.0. The number of hydrogen-bond acceptors (Lipinski definition) is 5. The van der Waals surface area contributed by atoms with Crippen molar-refractivity contribution in [2.24, 2.45) is 0 Å². The SMILES string of the molecule is COc1ccc(CN(C(=O)OC(C)(C)C)c2cccc(F)c2)cc1[N+](=O)[O-]. The van der Waals surface area contributed by atoms with Crippen molar-refractivity contribution in [3.63, 3.8) is 0 Å². The second-order valence-corrected chi connectivity index (χ2v) is 6.81. The first-order valence-electron chi connectivity index (χ1n) is 8.18. The van der Waals surface area contributed by atoms with Crippen molar-refractivity contribution >= 4 is 17.5 Å². The smallest absolute Gasteiger partial charge is 0.415 e. The van der Waals surface area contributed by atoms with Crippen LogP contribution in [0.3, 0.4) is 0 Å². The van der Waals surface area contributed by atoms with Gasteiger partial charge in [0.15, 0.2) is 5.75 Å². The van der Waals surface area contributed by atoms with Crippen molar-refractivity contribution in [3.05, 3.63) is 64.0 Å². The molecule has 2 aromatic rings. The second kappa shape index (κ2) is 8.03. The maximum atomic E-state index is 13.7. The van der Waals surface area contributed by atoms with E-state index >= 15 is 0 Å². The molecule has 0 N–H and O–H groups in total. The van der Waals surface area contributed by atoms with E-state index in [0.717, 1.165) is 0 Å². The molecule has 0 bridgehead atoms. The van der Waals surface area contributed by atoms with Gasteiger partial charge in [-0.25, -0.2) is 9.18 Å². The van der Waals surface area contributed by atoms with Gasteiger partial charge in [-0.1, -0.05) is 12.1 Å². The van der Waals surface area contributed by atoms with E-state index in [2.05, 4.69) is 0 Å². The molecule has 0 aliphatic carbocycles. The number of amides is 1. The number of halogens is 1. The third-order valence-electron chi connectivity index (χ3n) is 3.51. The molecule has 0 spiro atoms. The van der Waals surface area contributed by atoms with Crippen LogP contribution in [0, 0.1) is 15.9 Å². The fraction of sp³-hybridized carbons (Fsp3) is 0.316. The zero-order chi connectivity index (χ0) is 20.2. The van der Waals surface area contributed by atoms with Crippen LogP contribution in [-0.2, 0) is 11.3 Å². The molecule has 2 aromatic carbocycles. The molecule has 144 valence electrons. The third kappa shape index (κ3) is 5.40. The zero-order valence-corrected chi connectivity index (χ0v) is 15.6. The van der Waals surface area contributed by atoms with Crippen molar-refractivity contribution in [3.8, 4) is 5.75 Å². The van der Waals surface area contributed by atoms with E-state index in [9.17, 15) is 19.3 Å². The molecule has 0 aliphatic rings. The topological polar surface area (TPSA) is 81.9 Å². The number of carbonyl (C=O) groups is 1. The molecule has 0 aromatic heterocycles. The molecule has 0 atom stereocenters. The van der Waals surface area contributed by atoms with Crippen LogP contribution in [0.4, 0.5) is 20.6 Å². The Bertz CT molecular complexity index is 848. The summed E-state index contributed by atoms with van der Waals surface area (Å²) in [6.45, 7) is 5.11. The first kappa shape index (κ1) is 20.2. The zero-order valence-electron chi connectivity index (χ0n) is 15.6. The molecule has 0 unspecified atom stereocenters.